The summed E-state index contributed by atoms with van der Waals surface area (Å²) in [5.41, 5.74) is 4.74. The smallest absolute Gasteiger partial charge is 0.274 e. The molecule has 4 rings (SSSR count). The van der Waals surface area contributed by atoms with Crippen molar-refractivity contribution in [2.75, 3.05) is 13.2 Å². The topological polar surface area (TPSA) is 100 Å². The highest BCUT2D eigenvalue weighted by atomic mass is 16.3. The molecule has 35 heavy (non-hydrogen) atoms. The Morgan fingerprint density at radius 1 is 0.886 bits per heavy atom. The number of aliphatic hydroxyl groups is 2. The maximum absolute atomic E-state index is 12.9. The Hall–Kier alpha value is -3.81. The SMILES string of the molecule is Cc1c(C(=O)N[C@H](CO)Cc2ccccc2)nnn1-c1cccc(C(CO)Cc2ccccc2)c1. The first kappa shape index (κ1) is 24.3. The van der Waals surface area contributed by atoms with Crippen LogP contribution < -0.4 is 5.32 Å². The molecular formula is C28H30N4O3. The fraction of sp³-hybridized carbons (Fsp3) is 0.250. The molecule has 3 N–H and O–H groups in total. The van der Waals surface area contributed by atoms with Gasteiger partial charge in [0, 0.05) is 5.92 Å². The van der Waals surface area contributed by atoms with Crippen LogP contribution in [0.1, 0.15) is 38.8 Å². The average Bonchev–Trinajstić information content (AvgIpc) is 3.29. The highest BCUT2D eigenvalue weighted by Crippen LogP contribution is 2.23. The Kier molecular flexibility index (Phi) is 8.03. The minimum absolute atomic E-state index is 0.0201. The fourth-order valence-corrected chi connectivity index (χ4v) is 4.19. The van der Waals surface area contributed by atoms with Crippen molar-refractivity contribution in [2.24, 2.45) is 0 Å². The van der Waals surface area contributed by atoms with Crippen LogP contribution in [-0.4, -0.2) is 50.4 Å². The summed E-state index contributed by atoms with van der Waals surface area (Å²) in [5.74, 6) is -0.440. The molecule has 0 aliphatic heterocycles. The number of aromatic nitrogens is 3. The molecule has 7 heteroatoms. The first-order chi connectivity index (χ1) is 17.1. The summed E-state index contributed by atoms with van der Waals surface area (Å²) in [6, 6.07) is 27.1. The van der Waals surface area contributed by atoms with Crippen molar-refractivity contribution in [3.63, 3.8) is 0 Å². The van der Waals surface area contributed by atoms with Gasteiger partial charge in [0.1, 0.15) is 0 Å². The van der Waals surface area contributed by atoms with Gasteiger partial charge in [0.25, 0.3) is 5.91 Å². The first-order valence-corrected chi connectivity index (χ1v) is 11.7. The van der Waals surface area contributed by atoms with E-state index in [9.17, 15) is 15.0 Å². The molecule has 3 aromatic carbocycles. The lowest BCUT2D eigenvalue weighted by molar-refractivity contribution is 0.0910. The van der Waals surface area contributed by atoms with Crippen molar-refractivity contribution < 1.29 is 15.0 Å². The monoisotopic (exact) mass is 470 g/mol. The van der Waals surface area contributed by atoms with Crippen LogP contribution in [0.25, 0.3) is 5.69 Å². The van der Waals surface area contributed by atoms with Crippen molar-refractivity contribution in [3.05, 3.63) is 113 Å². The van der Waals surface area contributed by atoms with Crippen LogP contribution in [-0.2, 0) is 12.8 Å². The molecule has 0 spiro atoms. The van der Waals surface area contributed by atoms with E-state index < -0.39 is 6.04 Å². The number of benzene rings is 3. The third-order valence-corrected chi connectivity index (χ3v) is 6.12. The standard InChI is InChI=1S/C28H30N4O3/c1-20-27(28(35)29-25(19-34)16-22-11-6-3-7-12-22)30-31-32(20)26-14-8-13-23(17-26)24(18-33)15-21-9-4-2-5-10-21/h2-14,17,24-25,33-34H,15-16,18-19H2,1H3,(H,29,35)/t24?,25-/m0/s1. The van der Waals surface area contributed by atoms with Crippen LogP contribution in [0.5, 0.6) is 0 Å². The minimum Gasteiger partial charge on any atom is -0.396 e. The molecular weight excluding hydrogens is 440 g/mol. The predicted molar refractivity (Wildman–Crippen MR) is 135 cm³/mol. The van der Waals surface area contributed by atoms with E-state index in [-0.39, 0.29) is 30.7 Å². The van der Waals surface area contributed by atoms with Crippen LogP contribution in [0.2, 0.25) is 0 Å². The minimum atomic E-state index is -0.430. The third kappa shape index (κ3) is 6.01. The fourth-order valence-electron chi connectivity index (χ4n) is 4.19. The van der Waals surface area contributed by atoms with E-state index in [1.165, 1.54) is 0 Å². The van der Waals surface area contributed by atoms with Gasteiger partial charge in [-0.1, -0.05) is 78.0 Å². The molecule has 4 aromatic rings. The van der Waals surface area contributed by atoms with Crippen molar-refractivity contribution >= 4 is 5.91 Å². The van der Waals surface area contributed by atoms with Gasteiger partial charge in [-0.25, -0.2) is 4.68 Å². The maximum Gasteiger partial charge on any atom is 0.274 e. The third-order valence-electron chi connectivity index (χ3n) is 6.12. The van der Waals surface area contributed by atoms with E-state index in [0.717, 1.165) is 28.8 Å². The zero-order chi connectivity index (χ0) is 24.6. The lowest BCUT2D eigenvalue weighted by Crippen LogP contribution is -2.39. The summed E-state index contributed by atoms with van der Waals surface area (Å²) in [7, 11) is 0. The van der Waals surface area contributed by atoms with E-state index in [1.54, 1.807) is 11.6 Å². The van der Waals surface area contributed by atoms with Gasteiger partial charge in [0.2, 0.25) is 0 Å². The van der Waals surface area contributed by atoms with E-state index in [1.807, 2.05) is 72.8 Å². The maximum atomic E-state index is 12.9. The molecule has 0 saturated carbocycles. The normalized spacial score (nSPS) is 12.8. The molecule has 7 nitrogen and oxygen atoms in total. The Bertz CT molecular complexity index is 1240. The highest BCUT2D eigenvalue weighted by molar-refractivity contribution is 5.93. The Balaban J connectivity index is 1.50. The number of hydrogen-bond acceptors (Lipinski definition) is 5. The molecule has 0 bridgehead atoms. The van der Waals surface area contributed by atoms with Crippen molar-refractivity contribution in [3.8, 4) is 5.69 Å². The van der Waals surface area contributed by atoms with Gasteiger partial charge in [-0.3, -0.25) is 4.79 Å². The summed E-state index contributed by atoms with van der Waals surface area (Å²) >= 11 is 0. The molecule has 1 aromatic heterocycles. The van der Waals surface area contributed by atoms with E-state index in [4.69, 9.17) is 0 Å². The lowest BCUT2D eigenvalue weighted by atomic mass is 9.92. The zero-order valence-electron chi connectivity index (χ0n) is 19.7. The number of nitrogens with one attached hydrogen (secondary N) is 1. The summed E-state index contributed by atoms with van der Waals surface area (Å²) < 4.78 is 1.63. The highest BCUT2D eigenvalue weighted by Gasteiger charge is 2.21. The molecule has 0 saturated heterocycles. The van der Waals surface area contributed by atoms with Crippen molar-refractivity contribution in [1.82, 2.24) is 20.3 Å². The van der Waals surface area contributed by atoms with Crippen LogP contribution in [0, 0.1) is 6.92 Å². The second-order valence-corrected chi connectivity index (χ2v) is 8.64. The molecule has 0 aliphatic carbocycles. The number of nitrogens with zero attached hydrogens (tertiary/aromatic N) is 3. The number of rotatable bonds is 10. The van der Waals surface area contributed by atoms with Gasteiger partial charge >= 0.3 is 0 Å². The predicted octanol–water partition coefficient (Wildman–Crippen LogP) is 3.23. The number of carbonyl (C=O) groups is 1. The van der Waals surface area contributed by atoms with Crippen LogP contribution in [0.3, 0.4) is 0 Å². The molecule has 0 aliphatic rings. The Morgan fingerprint density at radius 2 is 1.54 bits per heavy atom. The first-order valence-electron chi connectivity index (χ1n) is 11.7. The molecule has 2 atom stereocenters. The van der Waals surface area contributed by atoms with Crippen LogP contribution in [0.4, 0.5) is 0 Å². The van der Waals surface area contributed by atoms with Crippen LogP contribution >= 0.6 is 0 Å². The van der Waals surface area contributed by atoms with E-state index in [0.29, 0.717) is 12.1 Å². The summed E-state index contributed by atoms with van der Waals surface area (Å²) in [4.78, 5) is 12.9. The number of hydrogen-bond donors (Lipinski definition) is 3. The molecule has 0 radical (unpaired) electrons. The average molecular weight is 471 g/mol. The zero-order valence-corrected chi connectivity index (χ0v) is 19.7. The second-order valence-electron chi connectivity index (χ2n) is 8.64. The molecule has 1 heterocycles. The molecule has 1 amide bonds. The van der Waals surface area contributed by atoms with Crippen molar-refractivity contribution in [1.29, 1.82) is 0 Å². The van der Waals surface area contributed by atoms with E-state index in [2.05, 4.69) is 27.8 Å². The Labute approximate surface area is 205 Å². The molecule has 180 valence electrons. The summed E-state index contributed by atoms with van der Waals surface area (Å²) in [6.45, 7) is 1.63. The summed E-state index contributed by atoms with van der Waals surface area (Å²) in [5, 5.41) is 31.0. The van der Waals surface area contributed by atoms with Crippen LogP contribution in [0.15, 0.2) is 84.9 Å². The molecule has 1 unspecified atom stereocenters. The van der Waals surface area contributed by atoms with Gasteiger partial charge in [0.15, 0.2) is 5.69 Å². The van der Waals surface area contributed by atoms with Gasteiger partial charge in [-0.15, -0.1) is 5.10 Å². The van der Waals surface area contributed by atoms with Gasteiger partial charge in [0.05, 0.1) is 30.6 Å². The lowest BCUT2D eigenvalue weighted by Gasteiger charge is -2.16. The quantitative estimate of drug-likeness (QED) is 0.330. The Morgan fingerprint density at radius 3 is 2.17 bits per heavy atom. The second kappa shape index (κ2) is 11.6. The van der Waals surface area contributed by atoms with Gasteiger partial charge < -0.3 is 15.5 Å². The van der Waals surface area contributed by atoms with Crippen molar-refractivity contribution in [2.45, 2.75) is 31.7 Å². The van der Waals surface area contributed by atoms with E-state index >= 15 is 0 Å². The molecule has 0 fully saturated rings. The number of aliphatic hydroxyl groups excluding tert-OH is 2. The summed E-state index contributed by atoms with van der Waals surface area (Å²) in [6.07, 6.45) is 1.23. The number of carbonyl (C=O) groups excluding carboxylic acids is 1. The van der Waals surface area contributed by atoms with Gasteiger partial charge in [-0.2, -0.15) is 0 Å². The number of amides is 1. The largest absolute Gasteiger partial charge is 0.396 e. The van der Waals surface area contributed by atoms with Gasteiger partial charge in [-0.05, 0) is 48.6 Å².